The number of halogens is 3. The number of carbonyl (C=O) groups is 1. The Morgan fingerprint density at radius 1 is 1.16 bits per heavy atom. The summed E-state index contributed by atoms with van der Waals surface area (Å²) in [5.41, 5.74) is 0.369. The third-order valence-electron chi connectivity index (χ3n) is 3.47. The van der Waals surface area contributed by atoms with E-state index in [1.807, 2.05) is 6.92 Å². The highest BCUT2D eigenvalue weighted by Gasteiger charge is 2.30. The van der Waals surface area contributed by atoms with Crippen molar-refractivity contribution in [3.05, 3.63) is 59.7 Å². The predicted octanol–water partition coefficient (Wildman–Crippen LogP) is 4.76. The molecule has 2 aromatic rings. The number of nitrogens with one attached hydrogen (secondary N) is 1. The number of carbonyl (C=O) groups excluding carboxylic acids is 2. The van der Waals surface area contributed by atoms with Crippen LogP contribution in [-0.2, 0) is 17.4 Å². The molecule has 7 heteroatoms. The molecule has 1 N–H and O–H groups in total. The third kappa shape index (κ3) is 4.82. The van der Waals surface area contributed by atoms with E-state index in [0.717, 1.165) is 30.5 Å². The van der Waals surface area contributed by atoms with Crippen LogP contribution in [0.3, 0.4) is 0 Å². The Hall–Kier alpha value is -2.83. The quantitative estimate of drug-likeness (QED) is 0.791. The van der Waals surface area contributed by atoms with Crippen LogP contribution in [0.2, 0.25) is 0 Å². The van der Waals surface area contributed by atoms with Crippen molar-refractivity contribution in [2.45, 2.75) is 25.9 Å². The van der Waals surface area contributed by atoms with Crippen molar-refractivity contribution in [1.29, 1.82) is 0 Å². The van der Waals surface area contributed by atoms with E-state index in [2.05, 4.69) is 5.32 Å². The molecule has 1 radical (unpaired) electrons. The number of hydrogen-bond acceptors (Lipinski definition) is 2. The average molecular weight is 349 g/mol. The summed E-state index contributed by atoms with van der Waals surface area (Å²) >= 11 is 0. The van der Waals surface area contributed by atoms with Gasteiger partial charge < -0.3 is 5.32 Å². The summed E-state index contributed by atoms with van der Waals surface area (Å²) in [5.74, 6) is 0. The lowest BCUT2D eigenvalue weighted by atomic mass is 10.1. The van der Waals surface area contributed by atoms with Crippen molar-refractivity contribution in [2.75, 3.05) is 10.2 Å². The van der Waals surface area contributed by atoms with Crippen LogP contribution in [0.15, 0.2) is 48.5 Å². The van der Waals surface area contributed by atoms with Crippen LogP contribution in [0.25, 0.3) is 0 Å². The molecule has 25 heavy (non-hydrogen) atoms. The van der Waals surface area contributed by atoms with Gasteiger partial charge in [-0.3, -0.25) is 4.79 Å². The highest BCUT2D eigenvalue weighted by molar-refractivity contribution is 6.12. The minimum atomic E-state index is -4.52. The van der Waals surface area contributed by atoms with Crippen molar-refractivity contribution in [3.63, 3.8) is 0 Å². The van der Waals surface area contributed by atoms with E-state index in [1.54, 1.807) is 24.3 Å². The Bertz CT molecular complexity index is 743. The van der Waals surface area contributed by atoms with Crippen LogP contribution in [0.1, 0.15) is 24.5 Å². The van der Waals surface area contributed by atoms with Crippen LogP contribution in [0.5, 0.6) is 0 Å². The Morgan fingerprint density at radius 3 is 2.40 bits per heavy atom. The number of imide groups is 1. The molecule has 0 heterocycles. The van der Waals surface area contributed by atoms with Crippen LogP contribution < -0.4 is 10.2 Å². The van der Waals surface area contributed by atoms with Gasteiger partial charge >= 0.3 is 18.6 Å². The second-order valence-electron chi connectivity index (χ2n) is 5.35. The number of rotatable bonds is 5. The first-order valence-corrected chi connectivity index (χ1v) is 7.60. The van der Waals surface area contributed by atoms with Crippen molar-refractivity contribution in [3.8, 4) is 0 Å². The second kappa shape index (κ2) is 7.83. The summed E-state index contributed by atoms with van der Waals surface area (Å²) in [5, 5.41) is 2.27. The summed E-state index contributed by atoms with van der Waals surface area (Å²) in [4.78, 5) is 24.0. The van der Waals surface area contributed by atoms with Crippen LogP contribution >= 0.6 is 0 Å². The summed E-state index contributed by atoms with van der Waals surface area (Å²) in [7, 11) is 0. The van der Waals surface area contributed by atoms with Gasteiger partial charge in [-0.2, -0.15) is 13.2 Å². The Balaban J connectivity index is 2.16. The van der Waals surface area contributed by atoms with Crippen LogP contribution in [0, 0.1) is 0 Å². The lowest BCUT2D eigenvalue weighted by Crippen LogP contribution is -2.33. The molecule has 0 saturated heterocycles. The number of alkyl halides is 3. The number of urea groups is 1. The van der Waals surface area contributed by atoms with Gasteiger partial charge in [0.1, 0.15) is 0 Å². The first kappa shape index (κ1) is 18.5. The maximum absolute atomic E-state index is 12.7. The largest absolute Gasteiger partial charge is 0.416 e. The SMILES string of the molecule is CCCc1ccc(N([C]=O)C(=O)Nc2cccc(C(F)(F)F)c2)cc1. The lowest BCUT2D eigenvalue weighted by molar-refractivity contribution is -0.137. The number of aryl methyl sites for hydroxylation is 1. The smallest absolute Gasteiger partial charge is 0.307 e. The molecule has 2 rings (SSSR count). The van der Waals surface area contributed by atoms with E-state index in [-0.39, 0.29) is 11.4 Å². The van der Waals surface area contributed by atoms with Gasteiger partial charge in [0, 0.05) is 5.69 Å². The highest BCUT2D eigenvalue weighted by Crippen LogP contribution is 2.30. The fourth-order valence-corrected chi connectivity index (χ4v) is 2.26. The van der Waals surface area contributed by atoms with E-state index < -0.39 is 17.8 Å². The first-order chi connectivity index (χ1) is 11.8. The van der Waals surface area contributed by atoms with Crippen molar-refractivity contribution in [2.24, 2.45) is 0 Å². The molecule has 131 valence electrons. The van der Waals surface area contributed by atoms with Gasteiger partial charge in [-0.25, -0.2) is 9.69 Å². The third-order valence-corrected chi connectivity index (χ3v) is 3.47. The molecule has 0 unspecified atom stereocenters. The van der Waals surface area contributed by atoms with E-state index >= 15 is 0 Å². The van der Waals surface area contributed by atoms with E-state index in [4.69, 9.17) is 0 Å². The van der Waals surface area contributed by atoms with Crippen LogP contribution in [-0.4, -0.2) is 12.4 Å². The predicted molar refractivity (Wildman–Crippen MR) is 89.1 cm³/mol. The first-order valence-electron chi connectivity index (χ1n) is 7.60. The van der Waals surface area contributed by atoms with Crippen molar-refractivity contribution >= 4 is 23.8 Å². The molecule has 3 amide bonds. The molecule has 0 aromatic heterocycles. The highest BCUT2D eigenvalue weighted by atomic mass is 19.4. The van der Waals surface area contributed by atoms with E-state index in [9.17, 15) is 22.8 Å². The van der Waals surface area contributed by atoms with Gasteiger partial charge in [0.05, 0.1) is 11.3 Å². The zero-order valence-corrected chi connectivity index (χ0v) is 13.4. The zero-order chi connectivity index (χ0) is 18.4. The molecule has 4 nitrogen and oxygen atoms in total. The molecular formula is C18H16F3N2O2. The minimum absolute atomic E-state index is 0.0670. The summed E-state index contributed by atoms with van der Waals surface area (Å²) in [6.45, 7) is 2.03. The Morgan fingerprint density at radius 2 is 1.84 bits per heavy atom. The number of nitrogens with zero attached hydrogens (tertiary/aromatic N) is 1. The minimum Gasteiger partial charge on any atom is -0.307 e. The maximum Gasteiger partial charge on any atom is 0.416 e. The lowest BCUT2D eigenvalue weighted by Gasteiger charge is -2.16. The van der Waals surface area contributed by atoms with Gasteiger partial charge in [0.25, 0.3) is 0 Å². The standard InChI is InChI=1S/C18H16F3N2O2/c1-2-4-13-7-9-16(10-8-13)23(12-24)17(25)22-15-6-3-5-14(11-15)18(19,20)21/h3,5-11H,2,4H2,1H3,(H,22,25). The van der Waals surface area contributed by atoms with Gasteiger partial charge in [0.15, 0.2) is 0 Å². The molecule has 0 aliphatic heterocycles. The summed E-state index contributed by atoms with van der Waals surface area (Å²) in [6, 6.07) is 10.0. The zero-order valence-electron chi connectivity index (χ0n) is 13.4. The van der Waals surface area contributed by atoms with Crippen molar-refractivity contribution in [1.82, 2.24) is 0 Å². The molecule has 0 fully saturated rings. The normalized spacial score (nSPS) is 11.0. The molecule has 0 aliphatic carbocycles. The van der Waals surface area contributed by atoms with Crippen LogP contribution in [0.4, 0.5) is 29.3 Å². The fourth-order valence-electron chi connectivity index (χ4n) is 2.26. The maximum atomic E-state index is 12.7. The fraction of sp³-hybridized carbons (Fsp3) is 0.222. The Kier molecular flexibility index (Phi) is 5.80. The number of hydrogen-bond donors (Lipinski definition) is 1. The molecule has 0 bridgehead atoms. The molecule has 0 saturated carbocycles. The summed E-state index contributed by atoms with van der Waals surface area (Å²) < 4.78 is 38.1. The molecule has 0 atom stereocenters. The van der Waals surface area contributed by atoms with E-state index in [1.165, 1.54) is 18.5 Å². The van der Waals surface area contributed by atoms with Gasteiger partial charge in [-0.05, 0) is 42.3 Å². The Labute approximate surface area is 143 Å². The molecule has 0 aliphatic rings. The topological polar surface area (TPSA) is 49.4 Å². The monoisotopic (exact) mass is 349 g/mol. The number of amides is 3. The number of anilines is 2. The molecular weight excluding hydrogens is 333 g/mol. The second-order valence-corrected chi connectivity index (χ2v) is 5.35. The van der Waals surface area contributed by atoms with Gasteiger partial charge in [-0.15, -0.1) is 0 Å². The summed E-state index contributed by atoms with van der Waals surface area (Å²) in [6.07, 6.45) is -1.22. The van der Waals surface area contributed by atoms with Gasteiger partial charge in [0.2, 0.25) is 0 Å². The molecule has 0 spiro atoms. The number of benzene rings is 2. The van der Waals surface area contributed by atoms with E-state index in [0.29, 0.717) is 4.90 Å². The average Bonchev–Trinajstić information content (AvgIpc) is 2.57. The molecule has 2 aromatic carbocycles. The van der Waals surface area contributed by atoms with Crippen molar-refractivity contribution < 1.29 is 22.8 Å². The van der Waals surface area contributed by atoms with Gasteiger partial charge in [-0.1, -0.05) is 31.5 Å².